The summed E-state index contributed by atoms with van der Waals surface area (Å²) < 4.78 is 0. The zero-order valence-electron chi connectivity index (χ0n) is 13.0. The first-order valence-electron chi connectivity index (χ1n) is 7.11. The number of hydrogen-bond donors (Lipinski definition) is 1. The Morgan fingerprint density at radius 3 is 2.27 bits per heavy atom. The zero-order chi connectivity index (χ0) is 16.5. The smallest absolute Gasteiger partial charge is 0.316 e. The molecule has 0 spiro atoms. The normalized spacial score (nSPS) is 16.1. The fraction of sp³-hybridized carbons (Fsp3) is 0.438. The van der Waals surface area contributed by atoms with E-state index in [1.807, 2.05) is 26.0 Å². The van der Waals surface area contributed by atoms with Crippen molar-refractivity contribution in [1.82, 2.24) is 4.90 Å². The molecule has 1 N–H and O–H groups in total. The molecule has 1 saturated heterocycles. The van der Waals surface area contributed by atoms with E-state index >= 15 is 0 Å². The molecule has 1 fully saturated rings. The minimum absolute atomic E-state index is 0.0261. The van der Waals surface area contributed by atoms with Crippen LogP contribution in [-0.4, -0.2) is 47.9 Å². The van der Waals surface area contributed by atoms with Crippen LogP contribution in [0.2, 0.25) is 0 Å². The van der Waals surface area contributed by atoms with Gasteiger partial charge in [0.25, 0.3) is 0 Å². The molecule has 1 aliphatic heterocycles. The number of nitrogens with zero attached hydrogens (tertiary/aromatic N) is 2. The Kier molecular flexibility index (Phi) is 4.21. The predicted molar refractivity (Wildman–Crippen MR) is 81.7 cm³/mol. The Morgan fingerprint density at radius 1 is 1.14 bits per heavy atom. The van der Waals surface area contributed by atoms with Gasteiger partial charge >= 0.3 is 17.8 Å². The largest absolute Gasteiger partial charge is 0.481 e. The second-order valence-electron chi connectivity index (χ2n) is 6.18. The molecule has 0 radical (unpaired) electrons. The highest BCUT2D eigenvalue weighted by Gasteiger charge is 2.31. The number of carboxylic acid groups (broad SMARTS) is 1. The summed E-state index contributed by atoms with van der Waals surface area (Å²) in [7, 11) is 1.61. The lowest BCUT2D eigenvalue weighted by Gasteiger charge is -2.32. The summed E-state index contributed by atoms with van der Waals surface area (Å²) >= 11 is 0. The van der Waals surface area contributed by atoms with Gasteiger partial charge < -0.3 is 14.9 Å². The Morgan fingerprint density at radius 2 is 1.73 bits per heavy atom. The van der Waals surface area contributed by atoms with E-state index in [1.54, 1.807) is 19.2 Å². The van der Waals surface area contributed by atoms with Crippen molar-refractivity contribution in [2.45, 2.75) is 25.7 Å². The van der Waals surface area contributed by atoms with Crippen LogP contribution >= 0.6 is 0 Å². The molecule has 1 aliphatic rings. The molecule has 0 unspecified atom stereocenters. The zero-order valence-corrected chi connectivity index (χ0v) is 13.0. The first kappa shape index (κ1) is 16.0. The van der Waals surface area contributed by atoms with Gasteiger partial charge in [-0.05, 0) is 17.7 Å². The van der Waals surface area contributed by atoms with Gasteiger partial charge in [0.15, 0.2) is 0 Å². The summed E-state index contributed by atoms with van der Waals surface area (Å²) in [6.45, 7) is 4.68. The van der Waals surface area contributed by atoms with E-state index in [-0.39, 0.29) is 6.42 Å². The van der Waals surface area contributed by atoms with E-state index in [0.717, 1.165) is 5.56 Å². The molecule has 118 valence electrons. The van der Waals surface area contributed by atoms with Crippen LogP contribution < -0.4 is 4.90 Å². The lowest BCUT2D eigenvalue weighted by atomic mass is 9.81. The summed E-state index contributed by atoms with van der Waals surface area (Å²) in [5, 5.41) is 8.96. The summed E-state index contributed by atoms with van der Waals surface area (Å²) in [5.41, 5.74) is 1.04. The second kappa shape index (κ2) is 5.79. The van der Waals surface area contributed by atoms with E-state index in [2.05, 4.69) is 0 Å². The third-order valence-corrected chi connectivity index (χ3v) is 3.99. The van der Waals surface area contributed by atoms with E-state index in [9.17, 15) is 14.4 Å². The molecule has 2 amide bonds. The quantitative estimate of drug-likeness (QED) is 0.849. The Balaban J connectivity index is 2.20. The summed E-state index contributed by atoms with van der Waals surface area (Å²) in [6.07, 6.45) is 0.0261. The maximum atomic E-state index is 12.0. The first-order valence-corrected chi connectivity index (χ1v) is 7.11. The molecule has 0 atom stereocenters. The van der Waals surface area contributed by atoms with Crippen molar-refractivity contribution in [2.75, 3.05) is 25.0 Å². The van der Waals surface area contributed by atoms with Crippen molar-refractivity contribution in [1.29, 1.82) is 0 Å². The van der Waals surface area contributed by atoms with Gasteiger partial charge in [0.2, 0.25) is 0 Å². The number of amides is 2. The molecule has 1 aromatic rings. The van der Waals surface area contributed by atoms with Crippen molar-refractivity contribution in [3.8, 4) is 0 Å². The number of hydrogen-bond acceptors (Lipinski definition) is 3. The van der Waals surface area contributed by atoms with E-state index < -0.39 is 23.2 Å². The van der Waals surface area contributed by atoms with Gasteiger partial charge in [-0.1, -0.05) is 26.0 Å². The van der Waals surface area contributed by atoms with E-state index in [4.69, 9.17) is 5.11 Å². The number of benzene rings is 1. The Labute approximate surface area is 129 Å². The molecule has 1 heterocycles. The Bertz CT molecular complexity index is 607. The fourth-order valence-corrected chi connectivity index (χ4v) is 2.55. The Hall–Kier alpha value is -2.37. The van der Waals surface area contributed by atoms with Gasteiger partial charge in [0, 0.05) is 31.2 Å². The van der Waals surface area contributed by atoms with Crippen LogP contribution in [0.15, 0.2) is 24.3 Å². The number of rotatable bonds is 4. The van der Waals surface area contributed by atoms with Gasteiger partial charge in [0.1, 0.15) is 0 Å². The molecule has 2 rings (SSSR count). The maximum absolute atomic E-state index is 12.0. The number of likely N-dealkylation sites (N-methyl/N-ethyl adjacent to an activating group) is 1. The third kappa shape index (κ3) is 3.10. The lowest BCUT2D eigenvalue weighted by Crippen LogP contribution is -2.53. The molecule has 0 aromatic heterocycles. The summed E-state index contributed by atoms with van der Waals surface area (Å²) in [4.78, 5) is 37.5. The third-order valence-electron chi connectivity index (χ3n) is 3.99. The van der Waals surface area contributed by atoms with Gasteiger partial charge in [0.05, 0.1) is 6.42 Å². The average molecular weight is 304 g/mol. The van der Waals surface area contributed by atoms with Gasteiger partial charge in [-0.2, -0.15) is 0 Å². The van der Waals surface area contributed by atoms with Gasteiger partial charge in [-0.25, -0.2) is 0 Å². The second-order valence-corrected chi connectivity index (χ2v) is 6.18. The van der Waals surface area contributed by atoms with Gasteiger partial charge in [-0.15, -0.1) is 0 Å². The highest BCUT2D eigenvalue weighted by molar-refractivity contribution is 6.40. The molecule has 0 bridgehead atoms. The first-order chi connectivity index (χ1) is 10.2. The molecule has 0 saturated carbocycles. The molecule has 22 heavy (non-hydrogen) atoms. The summed E-state index contributed by atoms with van der Waals surface area (Å²) in [6, 6.07) is 7.15. The number of piperazine rings is 1. The van der Waals surface area contributed by atoms with Gasteiger partial charge in [-0.3, -0.25) is 14.4 Å². The molecular formula is C16H20N2O4. The maximum Gasteiger partial charge on any atom is 0.316 e. The predicted octanol–water partition coefficient (Wildman–Crippen LogP) is 1.24. The van der Waals surface area contributed by atoms with E-state index in [0.29, 0.717) is 18.8 Å². The number of carbonyl (C=O) groups is 3. The minimum Gasteiger partial charge on any atom is -0.481 e. The van der Waals surface area contributed by atoms with E-state index in [1.165, 1.54) is 9.80 Å². The topological polar surface area (TPSA) is 77.9 Å². The number of aliphatic carboxylic acids is 1. The van der Waals surface area contributed by atoms with Crippen LogP contribution in [0, 0.1) is 0 Å². The highest BCUT2D eigenvalue weighted by Crippen LogP contribution is 2.29. The van der Waals surface area contributed by atoms with Crippen molar-refractivity contribution < 1.29 is 19.5 Å². The molecule has 0 aliphatic carbocycles. The van der Waals surface area contributed by atoms with Crippen molar-refractivity contribution in [3.63, 3.8) is 0 Å². The molecule has 6 nitrogen and oxygen atoms in total. The van der Waals surface area contributed by atoms with Crippen molar-refractivity contribution in [2.24, 2.45) is 0 Å². The van der Waals surface area contributed by atoms with Crippen LogP contribution in [0.1, 0.15) is 25.8 Å². The molecular weight excluding hydrogens is 284 g/mol. The SMILES string of the molecule is CN1CCN(c2ccc(C(C)(C)CC(=O)O)cc2)C(=O)C1=O. The number of anilines is 1. The molecule has 6 heteroatoms. The molecule has 1 aromatic carbocycles. The lowest BCUT2D eigenvalue weighted by molar-refractivity contribution is -0.145. The average Bonchev–Trinajstić information content (AvgIpc) is 2.44. The monoisotopic (exact) mass is 304 g/mol. The van der Waals surface area contributed by atoms with Crippen LogP contribution in [-0.2, 0) is 19.8 Å². The highest BCUT2D eigenvalue weighted by atomic mass is 16.4. The van der Waals surface area contributed by atoms with Crippen LogP contribution in [0.4, 0.5) is 5.69 Å². The number of carbonyl (C=O) groups excluding carboxylic acids is 2. The van der Waals surface area contributed by atoms with Crippen molar-refractivity contribution >= 4 is 23.5 Å². The minimum atomic E-state index is -0.853. The van der Waals surface area contributed by atoms with Crippen LogP contribution in [0.3, 0.4) is 0 Å². The summed E-state index contributed by atoms with van der Waals surface area (Å²) in [5.74, 6) is -1.90. The number of carboxylic acids is 1. The van der Waals surface area contributed by atoms with Crippen LogP contribution in [0.25, 0.3) is 0 Å². The standard InChI is InChI=1S/C16H20N2O4/c1-16(2,10-13(19)20)11-4-6-12(7-5-11)18-9-8-17(3)14(21)15(18)22/h4-7H,8-10H2,1-3H3,(H,19,20). The van der Waals surface area contributed by atoms with Crippen LogP contribution in [0.5, 0.6) is 0 Å². The van der Waals surface area contributed by atoms with Crippen molar-refractivity contribution in [3.05, 3.63) is 29.8 Å². The fourth-order valence-electron chi connectivity index (χ4n) is 2.55.